The van der Waals surface area contributed by atoms with Gasteiger partial charge in [-0.1, -0.05) is 35.5 Å². The highest BCUT2D eigenvalue weighted by Gasteiger charge is 2.08. The van der Waals surface area contributed by atoms with Crippen LogP contribution in [0.3, 0.4) is 0 Å². The summed E-state index contributed by atoms with van der Waals surface area (Å²) in [6.07, 6.45) is 1.59. The first-order chi connectivity index (χ1) is 11.3. The zero-order valence-corrected chi connectivity index (χ0v) is 13.2. The minimum absolute atomic E-state index is 0.0295. The molecule has 0 atom stereocenters. The van der Waals surface area contributed by atoms with Gasteiger partial charge in [-0.15, -0.1) is 11.8 Å². The maximum atomic E-state index is 11.7. The minimum atomic E-state index is -0.0295. The van der Waals surface area contributed by atoms with Crippen LogP contribution in [-0.4, -0.2) is 16.8 Å². The molecule has 0 aliphatic heterocycles. The van der Waals surface area contributed by atoms with Gasteiger partial charge in [-0.3, -0.25) is 4.79 Å². The fourth-order valence-corrected chi connectivity index (χ4v) is 2.75. The second kappa shape index (κ2) is 7.69. The molecular weight excluding hydrogens is 312 g/mol. The number of nitrogens with zero attached hydrogens (tertiary/aromatic N) is 1. The van der Waals surface area contributed by atoms with Crippen molar-refractivity contribution in [1.29, 1.82) is 0 Å². The van der Waals surface area contributed by atoms with Crippen molar-refractivity contribution in [1.82, 2.24) is 10.5 Å². The van der Waals surface area contributed by atoms with Crippen LogP contribution >= 0.6 is 11.8 Å². The topological polar surface area (TPSA) is 68.3 Å². The van der Waals surface area contributed by atoms with E-state index in [-0.39, 0.29) is 5.91 Å². The third-order valence-corrected chi connectivity index (χ3v) is 4.11. The number of furan rings is 1. The summed E-state index contributed by atoms with van der Waals surface area (Å²) < 4.78 is 10.5. The Hall–Kier alpha value is -2.47. The van der Waals surface area contributed by atoms with Crippen LogP contribution < -0.4 is 5.32 Å². The molecule has 6 heteroatoms. The number of aromatic nitrogens is 1. The molecule has 5 nitrogen and oxygen atoms in total. The molecule has 0 bridgehead atoms. The Balaban J connectivity index is 1.42. The first-order valence-corrected chi connectivity index (χ1v) is 8.34. The fourth-order valence-electron chi connectivity index (χ4n) is 2.02. The van der Waals surface area contributed by atoms with Gasteiger partial charge >= 0.3 is 0 Å². The molecular formula is C17H16N2O3S. The Morgan fingerprint density at radius 2 is 2.04 bits per heavy atom. The smallest absolute Gasteiger partial charge is 0.230 e. The van der Waals surface area contributed by atoms with Crippen LogP contribution in [0, 0.1) is 0 Å². The lowest BCUT2D eigenvalue weighted by atomic mass is 10.2. The molecule has 1 N–H and O–H groups in total. The van der Waals surface area contributed by atoms with Crippen molar-refractivity contribution in [2.45, 2.75) is 12.3 Å². The van der Waals surface area contributed by atoms with E-state index in [1.54, 1.807) is 12.3 Å². The molecule has 0 radical (unpaired) electrons. The average Bonchev–Trinajstić information content (AvgIpc) is 3.26. The number of hydrogen-bond acceptors (Lipinski definition) is 5. The molecule has 0 fully saturated rings. The van der Waals surface area contributed by atoms with Crippen molar-refractivity contribution < 1.29 is 13.7 Å². The van der Waals surface area contributed by atoms with Crippen molar-refractivity contribution in [3.8, 4) is 11.3 Å². The van der Waals surface area contributed by atoms with E-state index in [1.165, 1.54) is 11.8 Å². The highest BCUT2D eigenvalue weighted by molar-refractivity contribution is 7.99. The first kappa shape index (κ1) is 15.4. The summed E-state index contributed by atoms with van der Waals surface area (Å²) in [5.74, 6) is 2.45. The van der Waals surface area contributed by atoms with E-state index in [2.05, 4.69) is 10.5 Å². The Morgan fingerprint density at radius 1 is 1.17 bits per heavy atom. The highest BCUT2D eigenvalue weighted by Crippen LogP contribution is 2.21. The number of amides is 1. The zero-order valence-electron chi connectivity index (χ0n) is 12.4. The van der Waals surface area contributed by atoms with Gasteiger partial charge in [0, 0.05) is 17.4 Å². The molecule has 1 amide bonds. The predicted molar refractivity (Wildman–Crippen MR) is 88.7 cm³/mol. The zero-order chi connectivity index (χ0) is 15.9. The Bertz CT molecular complexity index is 738. The Morgan fingerprint density at radius 3 is 2.83 bits per heavy atom. The van der Waals surface area contributed by atoms with Gasteiger partial charge in [0.1, 0.15) is 5.76 Å². The van der Waals surface area contributed by atoms with Gasteiger partial charge in [0.2, 0.25) is 5.91 Å². The van der Waals surface area contributed by atoms with Crippen molar-refractivity contribution >= 4 is 17.7 Å². The molecule has 0 saturated heterocycles. The summed E-state index contributed by atoms with van der Waals surface area (Å²) >= 11 is 1.50. The number of carbonyl (C=O) groups excluding carboxylic acids is 1. The summed E-state index contributed by atoms with van der Waals surface area (Å²) in [6.45, 7) is 0.411. The molecule has 0 spiro atoms. The van der Waals surface area contributed by atoms with E-state index < -0.39 is 0 Å². The number of benzene rings is 1. The van der Waals surface area contributed by atoms with Crippen molar-refractivity contribution in [3.63, 3.8) is 0 Å². The van der Waals surface area contributed by atoms with E-state index in [0.29, 0.717) is 18.1 Å². The molecule has 0 aliphatic rings. The molecule has 0 saturated carbocycles. The second-order valence-corrected chi connectivity index (χ2v) is 5.88. The lowest BCUT2D eigenvalue weighted by Crippen LogP contribution is -2.24. The van der Waals surface area contributed by atoms with Gasteiger partial charge in [-0.25, -0.2) is 0 Å². The summed E-state index contributed by atoms with van der Waals surface area (Å²) in [6, 6.07) is 15.3. The lowest BCUT2D eigenvalue weighted by molar-refractivity contribution is -0.118. The third-order valence-electron chi connectivity index (χ3n) is 3.14. The molecule has 0 unspecified atom stereocenters. The number of thioether (sulfide) groups is 1. The van der Waals surface area contributed by atoms with Gasteiger partial charge in [-0.2, -0.15) is 0 Å². The number of hydrogen-bond donors (Lipinski definition) is 1. The van der Waals surface area contributed by atoms with Crippen LogP contribution in [0.25, 0.3) is 11.3 Å². The van der Waals surface area contributed by atoms with E-state index in [1.807, 2.05) is 42.5 Å². The van der Waals surface area contributed by atoms with E-state index in [4.69, 9.17) is 8.94 Å². The van der Waals surface area contributed by atoms with Crippen LogP contribution in [0.15, 0.2) is 63.7 Å². The molecule has 0 aliphatic carbocycles. The lowest BCUT2D eigenvalue weighted by Gasteiger charge is -2.02. The third kappa shape index (κ3) is 4.50. The van der Waals surface area contributed by atoms with Crippen LogP contribution in [0.2, 0.25) is 0 Å². The molecule has 1 aromatic carbocycles. The summed E-state index contributed by atoms with van der Waals surface area (Å²) in [5.41, 5.74) is 1.82. The van der Waals surface area contributed by atoms with Gasteiger partial charge in [0.25, 0.3) is 0 Å². The van der Waals surface area contributed by atoms with Crippen molar-refractivity contribution in [2.75, 3.05) is 5.75 Å². The van der Waals surface area contributed by atoms with Crippen LogP contribution in [0.1, 0.15) is 11.5 Å². The second-order valence-electron chi connectivity index (χ2n) is 4.90. The van der Waals surface area contributed by atoms with Gasteiger partial charge in [0.15, 0.2) is 5.76 Å². The van der Waals surface area contributed by atoms with Crippen LogP contribution in [-0.2, 0) is 17.1 Å². The highest BCUT2D eigenvalue weighted by atomic mass is 32.2. The van der Waals surface area contributed by atoms with E-state index in [0.717, 1.165) is 22.8 Å². The predicted octanol–water partition coefficient (Wildman–Crippen LogP) is 3.48. The SMILES string of the molecule is O=C(CSCc1cc(-c2ccccc2)on1)NCc1ccco1. The largest absolute Gasteiger partial charge is 0.467 e. The quantitative estimate of drug-likeness (QED) is 0.719. The number of rotatable bonds is 7. The van der Waals surface area contributed by atoms with E-state index >= 15 is 0 Å². The fraction of sp³-hybridized carbons (Fsp3) is 0.176. The molecule has 2 heterocycles. The normalized spacial score (nSPS) is 10.6. The number of nitrogens with one attached hydrogen (secondary N) is 1. The van der Waals surface area contributed by atoms with E-state index in [9.17, 15) is 4.79 Å². The first-order valence-electron chi connectivity index (χ1n) is 7.19. The molecule has 3 aromatic rings. The van der Waals surface area contributed by atoms with Crippen molar-refractivity contribution in [2.24, 2.45) is 0 Å². The van der Waals surface area contributed by atoms with Gasteiger partial charge < -0.3 is 14.3 Å². The minimum Gasteiger partial charge on any atom is -0.467 e. The maximum Gasteiger partial charge on any atom is 0.230 e. The number of carbonyl (C=O) groups is 1. The maximum absolute atomic E-state index is 11.7. The van der Waals surface area contributed by atoms with Gasteiger partial charge in [-0.05, 0) is 12.1 Å². The van der Waals surface area contributed by atoms with Gasteiger partial charge in [0.05, 0.1) is 24.3 Å². The standard InChI is InChI=1S/C17H16N2O3S/c20-17(18-10-15-7-4-8-21-15)12-23-11-14-9-16(22-19-14)13-5-2-1-3-6-13/h1-9H,10-12H2,(H,18,20). The molecule has 2 aromatic heterocycles. The monoisotopic (exact) mass is 328 g/mol. The van der Waals surface area contributed by atoms with Crippen LogP contribution in [0.5, 0.6) is 0 Å². The summed E-state index contributed by atoms with van der Waals surface area (Å²) in [7, 11) is 0. The summed E-state index contributed by atoms with van der Waals surface area (Å²) in [5, 5.41) is 6.84. The molecule has 3 rings (SSSR count). The average molecular weight is 328 g/mol. The molecule has 118 valence electrons. The Kier molecular flexibility index (Phi) is 5.16. The Labute approximate surface area is 138 Å². The van der Waals surface area contributed by atoms with Crippen LogP contribution in [0.4, 0.5) is 0 Å². The molecule has 23 heavy (non-hydrogen) atoms. The summed E-state index contributed by atoms with van der Waals surface area (Å²) in [4.78, 5) is 11.7. The van der Waals surface area contributed by atoms with Crippen molar-refractivity contribution in [3.05, 3.63) is 66.2 Å².